The van der Waals surface area contributed by atoms with Crippen molar-refractivity contribution >= 4 is 111 Å². The van der Waals surface area contributed by atoms with Crippen molar-refractivity contribution in [2.75, 3.05) is 59.7 Å². The summed E-state index contributed by atoms with van der Waals surface area (Å²) < 4.78 is 0. The van der Waals surface area contributed by atoms with E-state index in [1.54, 1.807) is 0 Å². The van der Waals surface area contributed by atoms with Gasteiger partial charge in [-0.05, 0) is 240 Å². The fraction of sp³-hybridized carbons (Fsp3) is 0.173. The van der Waals surface area contributed by atoms with E-state index >= 15 is 0 Å². The first-order valence-electron chi connectivity index (χ1n) is 39.2. The number of nitrogens with zero attached hydrogens (tertiary/aromatic N) is 5. The van der Waals surface area contributed by atoms with Gasteiger partial charge in [0.05, 0.1) is 11.4 Å². The van der Waals surface area contributed by atoms with E-state index in [0.29, 0.717) is 0 Å². The molecule has 0 fully saturated rings. The molecule has 16 aromatic rings. The molecule has 0 unspecified atom stereocenters. The molecular weight excluding hydrogens is 1320 g/mol. The Morgan fingerprint density at radius 2 is 0.532 bits per heavy atom. The highest BCUT2D eigenvalue weighted by Crippen LogP contribution is 2.55. The molecule has 0 saturated heterocycles. The summed E-state index contributed by atoms with van der Waals surface area (Å²) in [4.78, 5) is 11.9. The zero-order chi connectivity index (χ0) is 73.9. The highest BCUT2D eigenvalue weighted by Gasteiger charge is 2.40. The first-order valence-corrected chi connectivity index (χ1v) is 39.2. The average Bonchev–Trinajstić information content (AvgIpc) is 1.56. The first-order chi connectivity index (χ1) is 53.4. The molecule has 5 nitrogen and oxygen atoms in total. The van der Waals surface area contributed by atoms with Crippen molar-refractivity contribution in [2.45, 2.75) is 83.5 Å². The van der Waals surface area contributed by atoms with E-state index in [0.717, 1.165) is 64.2 Å². The van der Waals surface area contributed by atoms with E-state index in [4.69, 9.17) is 0 Å². The standard InChI is InChI=1S/C24H23N.C23H19N.3C19H17N/c1-24(2)20-10-6-5-9-18(20)19-15-14-17-13-12-16-8-4-7-11-21(16)25(3)23(17)22(19)24;1-24-22-15-19-8-3-2-7-18(19)14-20(22)13-12-17-11-10-16-6-4-5-9-21(16)23(17)24;1-20-18-9-5-3-7-15(18)10-12-17-16-8-4-2-6-14(16)11-13-19(17)20;1-20-18-9-5-3-7-15(18)11-13-16-12-10-14-6-2-4-8-17(14)19(16)20;1-20-18-9-5-4-6-14(18)10-11-17-12-15-7-2-3-8-16(15)13-19(17)20/h4-11,14-15H,12-13H2,1-3H3;2-11,14-15H,12-13H2,1H3;2-9,11,13H,10,12H2,1H3;2-10,12H,11,13H2,1H3;2-9,12-13H,10-11H2,1H3. The Labute approximate surface area is 643 Å². The van der Waals surface area contributed by atoms with E-state index in [2.05, 4.69) is 389 Å². The summed E-state index contributed by atoms with van der Waals surface area (Å²) >= 11 is 0. The van der Waals surface area contributed by atoms with Crippen LogP contribution in [-0.2, 0) is 69.6 Å². The van der Waals surface area contributed by atoms with Gasteiger partial charge in [0.15, 0.2) is 0 Å². The number of rotatable bonds is 0. The molecule has 109 heavy (non-hydrogen) atoms. The molecule has 1 aliphatic carbocycles. The fourth-order valence-corrected chi connectivity index (χ4v) is 18.9. The molecule has 16 aromatic carbocycles. The van der Waals surface area contributed by atoms with Crippen LogP contribution in [-0.4, -0.2) is 35.2 Å². The van der Waals surface area contributed by atoms with Gasteiger partial charge in [-0.3, -0.25) is 0 Å². The summed E-state index contributed by atoms with van der Waals surface area (Å²) in [5, 5.41) is 13.4. The highest BCUT2D eigenvalue weighted by atomic mass is 15.1. The van der Waals surface area contributed by atoms with Gasteiger partial charge in [-0.2, -0.15) is 0 Å². The van der Waals surface area contributed by atoms with Crippen LogP contribution in [0.5, 0.6) is 0 Å². The average molecular weight is 1410 g/mol. The molecule has 22 rings (SSSR count). The third kappa shape index (κ3) is 12.6. The monoisotopic (exact) mass is 1410 g/mol. The molecular formula is C104H93N5. The first kappa shape index (κ1) is 68.6. The van der Waals surface area contributed by atoms with Crippen molar-refractivity contribution in [3.8, 4) is 11.1 Å². The third-order valence-corrected chi connectivity index (χ3v) is 24.5. The number of hydrogen-bond donors (Lipinski definition) is 0. The second-order valence-electron chi connectivity index (χ2n) is 31.0. The second-order valence-corrected chi connectivity index (χ2v) is 31.0. The molecule has 5 aliphatic heterocycles. The summed E-state index contributed by atoms with van der Waals surface area (Å²) in [7, 11) is 11.0. The van der Waals surface area contributed by atoms with E-state index < -0.39 is 0 Å². The Morgan fingerprint density at radius 1 is 0.211 bits per heavy atom. The lowest BCUT2D eigenvalue weighted by atomic mass is 9.80. The number of aryl methyl sites for hydroxylation is 10. The largest absolute Gasteiger partial charge is 0.344 e. The van der Waals surface area contributed by atoms with Gasteiger partial charge in [0.1, 0.15) is 0 Å². The number of fused-ring (bicyclic) bond motifs is 22. The van der Waals surface area contributed by atoms with Crippen LogP contribution in [0.2, 0.25) is 0 Å². The summed E-state index contributed by atoms with van der Waals surface area (Å²) in [6.45, 7) is 4.76. The number of benzene rings is 16. The van der Waals surface area contributed by atoms with Gasteiger partial charge in [0.25, 0.3) is 0 Å². The molecule has 5 heterocycles. The molecule has 534 valence electrons. The van der Waals surface area contributed by atoms with E-state index in [1.807, 2.05) is 0 Å². The Morgan fingerprint density at radius 3 is 1.04 bits per heavy atom. The lowest BCUT2D eigenvalue weighted by Gasteiger charge is -2.30. The van der Waals surface area contributed by atoms with Gasteiger partial charge in [-0.25, -0.2) is 0 Å². The van der Waals surface area contributed by atoms with Crippen LogP contribution in [0.1, 0.15) is 80.6 Å². The quantitative estimate of drug-likeness (QED) is 0.150. The minimum Gasteiger partial charge on any atom is -0.344 e. The maximum Gasteiger partial charge on any atom is 0.0520 e. The SMILES string of the molecule is CN1c2cc3ccccc3cc2CCc2ccc3ccccc3c21.CN1c2ccccc2CCc2c1ccc1ccccc21.CN1c2ccccc2CCc2cc3ccccc3cc21.CN1c2ccccc2CCc2ccc3c(c21)C(C)(C)c1ccccc1-3.CN1c2ccccc2CCc2ccc3ccccc3c21. The zero-order valence-electron chi connectivity index (χ0n) is 63.8. The summed E-state index contributed by atoms with van der Waals surface area (Å²) in [6, 6.07) is 115. The van der Waals surface area contributed by atoms with Gasteiger partial charge in [-0.15, -0.1) is 0 Å². The van der Waals surface area contributed by atoms with Crippen molar-refractivity contribution in [2.24, 2.45) is 0 Å². The van der Waals surface area contributed by atoms with Crippen molar-refractivity contribution < 1.29 is 0 Å². The molecule has 6 aliphatic rings. The minimum atomic E-state index is 0.0326. The Hall–Kier alpha value is -12.2. The van der Waals surface area contributed by atoms with Gasteiger partial charge in [0, 0.05) is 96.9 Å². The van der Waals surface area contributed by atoms with Gasteiger partial charge in [0.2, 0.25) is 0 Å². The maximum absolute atomic E-state index is 2.43. The third-order valence-electron chi connectivity index (χ3n) is 24.5. The van der Waals surface area contributed by atoms with E-state index in [9.17, 15) is 0 Å². The highest BCUT2D eigenvalue weighted by molar-refractivity contribution is 6.01. The zero-order valence-corrected chi connectivity index (χ0v) is 63.8. The molecule has 5 heteroatoms. The van der Waals surface area contributed by atoms with Gasteiger partial charge < -0.3 is 24.5 Å². The molecule has 0 radical (unpaired) electrons. The van der Waals surface area contributed by atoms with Crippen LogP contribution in [0, 0.1) is 0 Å². The molecule has 0 amide bonds. The Bertz CT molecular complexity index is 6150. The number of anilines is 10. The number of hydrogen-bond acceptors (Lipinski definition) is 5. The maximum atomic E-state index is 2.43. The topological polar surface area (TPSA) is 16.2 Å². The summed E-state index contributed by atoms with van der Waals surface area (Å²) in [5.74, 6) is 0. The van der Waals surface area contributed by atoms with Crippen molar-refractivity contribution in [1.82, 2.24) is 0 Å². The van der Waals surface area contributed by atoms with Crippen molar-refractivity contribution in [3.05, 3.63) is 382 Å². The van der Waals surface area contributed by atoms with Gasteiger partial charge in [-0.1, -0.05) is 275 Å². The van der Waals surface area contributed by atoms with Gasteiger partial charge >= 0.3 is 0 Å². The predicted octanol–water partition coefficient (Wildman–Crippen LogP) is 25.8. The molecule has 0 N–H and O–H groups in total. The second kappa shape index (κ2) is 28.8. The lowest BCUT2D eigenvalue weighted by molar-refractivity contribution is 0.659. The van der Waals surface area contributed by atoms with Crippen LogP contribution in [0.3, 0.4) is 0 Å². The van der Waals surface area contributed by atoms with Crippen LogP contribution in [0.15, 0.2) is 315 Å². The molecule has 0 atom stereocenters. The van der Waals surface area contributed by atoms with Crippen molar-refractivity contribution in [1.29, 1.82) is 0 Å². The fourth-order valence-electron chi connectivity index (χ4n) is 18.9. The molecule has 0 spiro atoms. The molecule has 0 aromatic heterocycles. The van der Waals surface area contributed by atoms with Crippen LogP contribution < -0.4 is 24.5 Å². The molecule has 0 saturated carbocycles. The van der Waals surface area contributed by atoms with Crippen molar-refractivity contribution in [3.63, 3.8) is 0 Å². The predicted molar refractivity (Wildman–Crippen MR) is 467 cm³/mol. The van der Waals surface area contributed by atoms with E-state index in [-0.39, 0.29) is 5.41 Å². The van der Waals surface area contributed by atoms with Crippen LogP contribution in [0.25, 0.3) is 65.0 Å². The molecule has 0 bridgehead atoms. The normalized spacial score (nSPS) is 14.4. The lowest BCUT2D eigenvalue weighted by Crippen LogP contribution is -2.21. The minimum absolute atomic E-state index is 0.0326. The Balaban J connectivity index is 0.0000000962. The van der Waals surface area contributed by atoms with Crippen LogP contribution >= 0.6 is 0 Å². The number of para-hydroxylation sites is 4. The van der Waals surface area contributed by atoms with E-state index in [1.165, 1.54) is 189 Å². The van der Waals surface area contributed by atoms with Crippen LogP contribution in [0.4, 0.5) is 56.9 Å². The Kier molecular flexibility index (Phi) is 18.2. The summed E-state index contributed by atoms with van der Waals surface area (Å²) in [5.41, 5.74) is 33.8. The smallest absolute Gasteiger partial charge is 0.0520 e. The summed E-state index contributed by atoms with van der Waals surface area (Å²) in [6.07, 6.45) is 11.1.